The molecule has 0 fully saturated rings. The van der Waals surface area contributed by atoms with Gasteiger partial charge in [-0.2, -0.15) is 5.10 Å². The highest BCUT2D eigenvalue weighted by atomic mass is 32.2. The first-order valence-electron chi connectivity index (χ1n) is 6.03. The molecule has 0 N–H and O–H groups in total. The van der Waals surface area contributed by atoms with Gasteiger partial charge >= 0.3 is 0 Å². The van der Waals surface area contributed by atoms with Crippen LogP contribution in [0.4, 0.5) is 0 Å². The van der Waals surface area contributed by atoms with Crippen LogP contribution in [0, 0.1) is 6.92 Å². The van der Waals surface area contributed by atoms with Crippen molar-refractivity contribution in [3.63, 3.8) is 0 Å². The first-order valence-corrected chi connectivity index (χ1v) is 7.61. The first kappa shape index (κ1) is 14.5. The van der Waals surface area contributed by atoms with E-state index >= 15 is 0 Å². The number of pyridine rings is 1. The Hall–Kier alpha value is -1.93. The second kappa shape index (κ2) is 6.02. The lowest BCUT2D eigenvalue weighted by Gasteiger charge is -2.04. The summed E-state index contributed by atoms with van der Waals surface area (Å²) in [6, 6.07) is 3.71. The van der Waals surface area contributed by atoms with E-state index in [1.165, 1.54) is 0 Å². The molecule has 2 aromatic heterocycles. The Balaban J connectivity index is 2.03. The minimum atomic E-state index is -4.14. The molecule has 0 bridgehead atoms. The summed E-state index contributed by atoms with van der Waals surface area (Å²) in [5.74, 6) is 0.247. The van der Waals surface area contributed by atoms with Gasteiger partial charge < -0.3 is 4.55 Å². The zero-order chi connectivity index (χ0) is 14.6. The maximum absolute atomic E-state index is 10.5. The third-order valence-corrected chi connectivity index (χ3v) is 3.45. The minimum absolute atomic E-state index is 0.296. The molecular formula is C12H14N4O3S. The summed E-state index contributed by atoms with van der Waals surface area (Å²) in [6.45, 7) is 2.24. The highest BCUT2D eigenvalue weighted by molar-refractivity contribution is 7.85. The van der Waals surface area contributed by atoms with Crippen molar-refractivity contribution in [1.82, 2.24) is 15.2 Å². The second-order valence-corrected chi connectivity index (χ2v) is 5.85. The van der Waals surface area contributed by atoms with E-state index in [0.29, 0.717) is 18.8 Å². The summed E-state index contributed by atoms with van der Waals surface area (Å²) >= 11 is 0. The predicted molar refractivity (Wildman–Crippen MR) is 69.4 cm³/mol. The Morgan fingerprint density at radius 2 is 2.00 bits per heavy atom. The molecule has 0 unspecified atom stereocenters. The number of aryl methyl sites for hydroxylation is 2. The summed E-state index contributed by atoms with van der Waals surface area (Å²) in [7, 11) is -4.14. The molecule has 8 heteroatoms. The lowest BCUT2D eigenvalue weighted by atomic mass is 10.2. The molecule has 2 heterocycles. The molecule has 0 amide bonds. The predicted octanol–water partition coefficient (Wildman–Crippen LogP) is 0.0698. The standard InChI is InChI=1S/C12H14N4O3S/c1-10-14-12(9-13-15-10)11-3-6-16(7-4-11)5-2-8-20(17,18)19/h3-4,6-7,9H,2,5,8H2,1H3. The van der Waals surface area contributed by atoms with Crippen molar-refractivity contribution in [2.75, 3.05) is 5.75 Å². The smallest absolute Gasteiger partial charge is 0.169 e. The Bertz CT molecular complexity index is 686. The number of hydrogen-bond acceptors (Lipinski definition) is 6. The fourth-order valence-corrected chi connectivity index (χ4v) is 2.22. The van der Waals surface area contributed by atoms with Crippen LogP contribution in [-0.4, -0.2) is 33.9 Å². The molecule has 2 rings (SSSR count). The molecule has 0 aliphatic rings. The number of hydrogen-bond donors (Lipinski definition) is 0. The van der Waals surface area contributed by atoms with Crippen LogP contribution in [0.2, 0.25) is 0 Å². The monoisotopic (exact) mass is 294 g/mol. The summed E-state index contributed by atoms with van der Waals surface area (Å²) in [4.78, 5) is 4.26. The van der Waals surface area contributed by atoms with Gasteiger partial charge in [0.1, 0.15) is 12.4 Å². The normalized spacial score (nSPS) is 11.5. The van der Waals surface area contributed by atoms with Crippen molar-refractivity contribution in [2.24, 2.45) is 0 Å². The van der Waals surface area contributed by atoms with Crippen molar-refractivity contribution in [3.05, 3.63) is 36.5 Å². The minimum Gasteiger partial charge on any atom is -0.748 e. The highest BCUT2D eigenvalue weighted by Crippen LogP contribution is 2.12. The lowest BCUT2D eigenvalue weighted by molar-refractivity contribution is -0.696. The van der Waals surface area contributed by atoms with Gasteiger partial charge in [-0.15, -0.1) is 5.10 Å². The maximum Gasteiger partial charge on any atom is 0.169 e. The molecule has 0 aliphatic heterocycles. The molecule has 0 saturated heterocycles. The summed E-state index contributed by atoms with van der Waals surface area (Å²) in [6.07, 6.45) is 5.50. The highest BCUT2D eigenvalue weighted by Gasteiger charge is 2.06. The van der Waals surface area contributed by atoms with Crippen LogP contribution in [0.3, 0.4) is 0 Å². The Morgan fingerprint density at radius 3 is 2.60 bits per heavy atom. The van der Waals surface area contributed by atoms with Crippen molar-refractivity contribution < 1.29 is 17.5 Å². The molecule has 0 radical (unpaired) electrons. The van der Waals surface area contributed by atoms with Gasteiger partial charge in [0, 0.05) is 29.9 Å². The van der Waals surface area contributed by atoms with Crippen LogP contribution in [0.15, 0.2) is 30.7 Å². The summed E-state index contributed by atoms with van der Waals surface area (Å²) in [5, 5.41) is 7.63. The molecule has 0 saturated carbocycles. The molecule has 0 spiro atoms. The van der Waals surface area contributed by atoms with E-state index in [2.05, 4.69) is 15.2 Å². The molecule has 7 nitrogen and oxygen atoms in total. The van der Waals surface area contributed by atoms with Crippen molar-refractivity contribution >= 4 is 10.1 Å². The fraction of sp³-hybridized carbons (Fsp3) is 0.333. The van der Waals surface area contributed by atoms with E-state index in [4.69, 9.17) is 0 Å². The lowest BCUT2D eigenvalue weighted by Crippen LogP contribution is -2.33. The van der Waals surface area contributed by atoms with Crippen LogP contribution in [0.1, 0.15) is 12.2 Å². The number of rotatable bonds is 5. The van der Waals surface area contributed by atoms with Crippen LogP contribution in [0.25, 0.3) is 11.3 Å². The number of aromatic nitrogens is 4. The van der Waals surface area contributed by atoms with E-state index in [0.717, 1.165) is 11.3 Å². The van der Waals surface area contributed by atoms with Gasteiger partial charge in [0.05, 0.1) is 22.0 Å². The average molecular weight is 294 g/mol. The number of nitrogens with zero attached hydrogens (tertiary/aromatic N) is 4. The Labute approximate surface area is 117 Å². The van der Waals surface area contributed by atoms with Crippen LogP contribution in [-0.2, 0) is 16.7 Å². The van der Waals surface area contributed by atoms with Crippen LogP contribution < -0.4 is 4.57 Å². The molecule has 20 heavy (non-hydrogen) atoms. The van der Waals surface area contributed by atoms with E-state index in [9.17, 15) is 13.0 Å². The quantitative estimate of drug-likeness (QED) is 0.571. The summed E-state index contributed by atoms with van der Waals surface area (Å²) < 4.78 is 33.3. The largest absolute Gasteiger partial charge is 0.748 e. The first-order chi connectivity index (χ1) is 9.44. The van der Waals surface area contributed by atoms with E-state index in [1.807, 2.05) is 29.1 Å². The molecule has 0 atom stereocenters. The van der Waals surface area contributed by atoms with Crippen LogP contribution in [0.5, 0.6) is 0 Å². The van der Waals surface area contributed by atoms with Crippen LogP contribution >= 0.6 is 0 Å². The topological polar surface area (TPSA) is 99.8 Å². The van der Waals surface area contributed by atoms with Crippen molar-refractivity contribution in [3.8, 4) is 11.3 Å². The molecule has 2 aromatic rings. The zero-order valence-electron chi connectivity index (χ0n) is 10.9. The van der Waals surface area contributed by atoms with E-state index in [-0.39, 0.29) is 5.75 Å². The van der Waals surface area contributed by atoms with Gasteiger partial charge in [-0.25, -0.2) is 18.0 Å². The Morgan fingerprint density at radius 1 is 1.30 bits per heavy atom. The second-order valence-electron chi connectivity index (χ2n) is 4.33. The summed E-state index contributed by atoms with van der Waals surface area (Å²) in [5.41, 5.74) is 1.63. The van der Waals surface area contributed by atoms with Gasteiger partial charge in [-0.1, -0.05) is 0 Å². The Kier molecular flexibility index (Phi) is 4.35. The molecule has 106 valence electrons. The maximum atomic E-state index is 10.5. The molecule has 0 aromatic carbocycles. The zero-order valence-corrected chi connectivity index (χ0v) is 11.7. The third kappa shape index (κ3) is 4.32. The average Bonchev–Trinajstić information content (AvgIpc) is 2.38. The SMILES string of the molecule is Cc1nncc(-c2cc[n+](CCCS(=O)(=O)[O-])cc2)n1. The fourth-order valence-electron chi connectivity index (χ4n) is 1.73. The van der Waals surface area contributed by atoms with Crippen molar-refractivity contribution in [2.45, 2.75) is 19.9 Å². The van der Waals surface area contributed by atoms with Gasteiger partial charge in [0.15, 0.2) is 12.4 Å². The van der Waals surface area contributed by atoms with Crippen molar-refractivity contribution in [1.29, 1.82) is 0 Å². The molecular weight excluding hydrogens is 280 g/mol. The van der Waals surface area contributed by atoms with Gasteiger partial charge in [0.25, 0.3) is 0 Å². The van der Waals surface area contributed by atoms with E-state index in [1.54, 1.807) is 13.1 Å². The van der Waals surface area contributed by atoms with Gasteiger partial charge in [0.2, 0.25) is 0 Å². The van der Waals surface area contributed by atoms with Gasteiger partial charge in [-0.05, 0) is 6.92 Å². The van der Waals surface area contributed by atoms with Gasteiger partial charge in [-0.3, -0.25) is 0 Å². The molecule has 0 aliphatic carbocycles. The van der Waals surface area contributed by atoms with E-state index < -0.39 is 10.1 Å². The third-order valence-electron chi connectivity index (χ3n) is 2.66.